The van der Waals surface area contributed by atoms with Crippen LogP contribution in [-0.2, 0) is 14.9 Å². The number of nitrogens with zero attached hydrogens (tertiary/aromatic N) is 1. The molecule has 0 spiro atoms. The number of carbonyl (C=O) groups excluding carboxylic acids is 1. The molecule has 0 aromatic rings. The third-order valence-electron chi connectivity index (χ3n) is 6.57. The van der Waals surface area contributed by atoms with Crippen LogP contribution in [0.3, 0.4) is 0 Å². The lowest BCUT2D eigenvalue weighted by Gasteiger charge is -2.16. The summed E-state index contributed by atoms with van der Waals surface area (Å²) in [6, 6.07) is 0. The first kappa shape index (κ1) is 32.4. The Morgan fingerprint density at radius 1 is 0.606 bits per heavy atom. The van der Waals surface area contributed by atoms with Gasteiger partial charge in [0.25, 0.3) is 10.1 Å². The number of amides is 1. The van der Waals surface area contributed by atoms with Crippen molar-refractivity contribution in [3.63, 3.8) is 0 Å². The maximum atomic E-state index is 12.1. The van der Waals surface area contributed by atoms with E-state index in [1.54, 1.807) is 11.9 Å². The topological polar surface area (TPSA) is 74.7 Å². The second kappa shape index (κ2) is 23.1. The molecular formula is C27H55NO4S. The van der Waals surface area contributed by atoms with Gasteiger partial charge in [-0.1, -0.05) is 122 Å². The SMILES string of the molecule is CCCCCCCCCCCCCCCCCCCCCC(=O)N(C)CCCCS(=O)(=O)O. The molecule has 198 valence electrons. The van der Waals surface area contributed by atoms with Crippen LogP contribution in [0.1, 0.15) is 148 Å². The Morgan fingerprint density at radius 2 is 0.970 bits per heavy atom. The van der Waals surface area contributed by atoms with Crippen molar-refractivity contribution in [1.29, 1.82) is 0 Å². The fourth-order valence-electron chi connectivity index (χ4n) is 4.30. The first-order valence-electron chi connectivity index (χ1n) is 14.1. The van der Waals surface area contributed by atoms with Gasteiger partial charge in [0.2, 0.25) is 5.91 Å². The molecule has 0 aliphatic carbocycles. The summed E-state index contributed by atoms with van der Waals surface area (Å²) < 4.78 is 30.1. The predicted molar refractivity (Wildman–Crippen MR) is 141 cm³/mol. The molecule has 6 heteroatoms. The highest BCUT2D eigenvalue weighted by Crippen LogP contribution is 2.15. The maximum Gasteiger partial charge on any atom is 0.264 e. The molecule has 5 nitrogen and oxygen atoms in total. The molecule has 0 saturated carbocycles. The summed E-state index contributed by atoms with van der Waals surface area (Å²) >= 11 is 0. The Morgan fingerprint density at radius 3 is 1.33 bits per heavy atom. The van der Waals surface area contributed by atoms with E-state index in [4.69, 9.17) is 4.55 Å². The average Bonchev–Trinajstić information content (AvgIpc) is 2.77. The first-order valence-corrected chi connectivity index (χ1v) is 15.7. The quantitative estimate of drug-likeness (QED) is 0.104. The number of unbranched alkanes of at least 4 members (excludes halogenated alkanes) is 19. The summed E-state index contributed by atoms with van der Waals surface area (Å²) in [6.45, 7) is 2.83. The lowest BCUT2D eigenvalue weighted by atomic mass is 10.0. The van der Waals surface area contributed by atoms with Gasteiger partial charge in [-0.2, -0.15) is 8.42 Å². The number of hydrogen-bond acceptors (Lipinski definition) is 3. The van der Waals surface area contributed by atoms with E-state index in [9.17, 15) is 13.2 Å². The molecule has 0 radical (unpaired) electrons. The van der Waals surface area contributed by atoms with Crippen LogP contribution >= 0.6 is 0 Å². The van der Waals surface area contributed by atoms with Gasteiger partial charge < -0.3 is 4.90 Å². The fraction of sp³-hybridized carbons (Fsp3) is 0.963. The Kier molecular flexibility index (Phi) is 22.7. The Balaban J connectivity index is 3.28. The van der Waals surface area contributed by atoms with E-state index in [1.807, 2.05) is 0 Å². The van der Waals surface area contributed by atoms with Crippen LogP contribution in [0.5, 0.6) is 0 Å². The fourth-order valence-corrected chi connectivity index (χ4v) is 4.87. The lowest BCUT2D eigenvalue weighted by molar-refractivity contribution is -0.130. The van der Waals surface area contributed by atoms with Crippen molar-refractivity contribution in [2.45, 2.75) is 148 Å². The summed E-state index contributed by atoms with van der Waals surface area (Å²) in [7, 11) is -2.12. The zero-order valence-electron chi connectivity index (χ0n) is 22.0. The van der Waals surface area contributed by atoms with E-state index in [-0.39, 0.29) is 11.7 Å². The first-order chi connectivity index (χ1) is 15.9. The molecule has 0 rings (SSSR count). The average molecular weight is 490 g/mol. The normalized spacial score (nSPS) is 11.7. The largest absolute Gasteiger partial charge is 0.346 e. The van der Waals surface area contributed by atoms with Gasteiger partial charge in [-0.25, -0.2) is 0 Å². The van der Waals surface area contributed by atoms with E-state index in [1.165, 1.54) is 109 Å². The third-order valence-corrected chi connectivity index (χ3v) is 7.37. The molecule has 0 saturated heterocycles. The smallest absolute Gasteiger partial charge is 0.264 e. The van der Waals surface area contributed by atoms with Crippen molar-refractivity contribution in [1.82, 2.24) is 4.90 Å². The van der Waals surface area contributed by atoms with E-state index in [2.05, 4.69) is 6.92 Å². The summed E-state index contributed by atoms with van der Waals surface area (Å²) in [5.74, 6) is -0.0947. The third kappa shape index (κ3) is 25.8. The Bertz CT molecular complexity index is 536. The van der Waals surface area contributed by atoms with Crippen LogP contribution < -0.4 is 0 Å². The second-order valence-electron chi connectivity index (χ2n) is 9.92. The van der Waals surface area contributed by atoms with Gasteiger partial charge in [-0.15, -0.1) is 0 Å². The minimum Gasteiger partial charge on any atom is -0.346 e. The molecule has 1 amide bonds. The van der Waals surface area contributed by atoms with Crippen molar-refractivity contribution in [2.24, 2.45) is 0 Å². The van der Waals surface area contributed by atoms with Gasteiger partial charge >= 0.3 is 0 Å². The highest BCUT2D eigenvalue weighted by Gasteiger charge is 2.09. The monoisotopic (exact) mass is 489 g/mol. The Labute approximate surface area is 206 Å². The molecule has 0 atom stereocenters. The molecule has 1 N–H and O–H groups in total. The van der Waals surface area contributed by atoms with Crippen molar-refractivity contribution in [2.75, 3.05) is 19.3 Å². The highest BCUT2D eigenvalue weighted by atomic mass is 32.2. The molecule has 0 unspecified atom stereocenters. The van der Waals surface area contributed by atoms with Crippen molar-refractivity contribution in [3.8, 4) is 0 Å². The zero-order chi connectivity index (χ0) is 24.6. The number of hydrogen-bond donors (Lipinski definition) is 1. The van der Waals surface area contributed by atoms with Crippen LogP contribution in [0.2, 0.25) is 0 Å². The van der Waals surface area contributed by atoms with Gasteiger partial charge in [0.05, 0.1) is 5.75 Å². The van der Waals surface area contributed by atoms with E-state index >= 15 is 0 Å². The maximum absolute atomic E-state index is 12.1. The lowest BCUT2D eigenvalue weighted by Crippen LogP contribution is -2.27. The Hall–Kier alpha value is -0.620. The molecular weight excluding hydrogens is 434 g/mol. The van der Waals surface area contributed by atoms with Crippen LogP contribution in [-0.4, -0.2) is 43.1 Å². The highest BCUT2D eigenvalue weighted by molar-refractivity contribution is 7.85. The summed E-state index contributed by atoms with van der Waals surface area (Å²) in [6.07, 6.45) is 27.1. The van der Waals surface area contributed by atoms with E-state index < -0.39 is 10.1 Å². The van der Waals surface area contributed by atoms with Gasteiger partial charge in [-0.3, -0.25) is 9.35 Å². The van der Waals surface area contributed by atoms with Crippen LogP contribution in [0.15, 0.2) is 0 Å². The molecule has 0 aliphatic heterocycles. The standard InChI is InChI=1S/C27H55NO4S/c1-3-4-5-6-7-8-9-10-11-12-13-14-15-16-17-18-19-20-21-24-27(29)28(2)25-22-23-26-33(30,31)32/h3-26H2,1-2H3,(H,30,31,32). The van der Waals surface area contributed by atoms with Crippen LogP contribution in [0.25, 0.3) is 0 Å². The minimum atomic E-state index is -3.89. The summed E-state index contributed by atoms with van der Waals surface area (Å²) in [5.41, 5.74) is 0. The van der Waals surface area contributed by atoms with Crippen LogP contribution in [0, 0.1) is 0 Å². The zero-order valence-corrected chi connectivity index (χ0v) is 22.8. The molecule has 0 bridgehead atoms. The molecule has 0 aromatic carbocycles. The summed E-state index contributed by atoms with van der Waals surface area (Å²) in [4.78, 5) is 13.8. The molecule has 0 heterocycles. The predicted octanol–water partition coefficient (Wildman–Crippen LogP) is 7.93. The molecule has 0 aromatic heterocycles. The van der Waals surface area contributed by atoms with Gasteiger partial charge in [-0.05, 0) is 19.3 Å². The van der Waals surface area contributed by atoms with Crippen molar-refractivity contribution < 1.29 is 17.8 Å². The molecule has 0 aliphatic rings. The van der Waals surface area contributed by atoms with E-state index in [0.29, 0.717) is 25.8 Å². The van der Waals surface area contributed by atoms with E-state index in [0.717, 1.165) is 12.8 Å². The van der Waals surface area contributed by atoms with Gasteiger partial charge in [0, 0.05) is 20.0 Å². The van der Waals surface area contributed by atoms with Crippen molar-refractivity contribution in [3.05, 3.63) is 0 Å². The molecule has 33 heavy (non-hydrogen) atoms. The number of carbonyl (C=O) groups is 1. The van der Waals surface area contributed by atoms with Gasteiger partial charge in [0.15, 0.2) is 0 Å². The van der Waals surface area contributed by atoms with Gasteiger partial charge in [0.1, 0.15) is 0 Å². The van der Waals surface area contributed by atoms with Crippen molar-refractivity contribution >= 4 is 16.0 Å². The second-order valence-corrected chi connectivity index (χ2v) is 11.5. The minimum absolute atomic E-state index is 0.133. The number of rotatable bonds is 25. The summed E-state index contributed by atoms with van der Waals surface area (Å²) in [5, 5.41) is 0. The van der Waals surface area contributed by atoms with Crippen LogP contribution in [0.4, 0.5) is 0 Å². The molecule has 0 fully saturated rings.